The molecule has 0 aromatic carbocycles. The van der Waals surface area contributed by atoms with Crippen LogP contribution in [-0.4, -0.2) is 46.5 Å². The third-order valence-electron chi connectivity index (χ3n) is 3.06. The van der Waals surface area contributed by atoms with Gasteiger partial charge in [0.1, 0.15) is 5.01 Å². The van der Waals surface area contributed by atoms with Crippen molar-refractivity contribution >= 4 is 23.2 Å². The molecule has 1 saturated heterocycles. The van der Waals surface area contributed by atoms with Gasteiger partial charge in [-0.3, -0.25) is 14.4 Å². The lowest BCUT2D eigenvalue weighted by molar-refractivity contribution is -0.130. The first kappa shape index (κ1) is 13.7. The van der Waals surface area contributed by atoms with E-state index in [0.29, 0.717) is 26.1 Å². The van der Waals surface area contributed by atoms with Crippen LogP contribution in [0.15, 0.2) is 4.79 Å². The number of hydrogen-bond donors (Lipinski definition) is 2. The summed E-state index contributed by atoms with van der Waals surface area (Å²) >= 11 is 1.10. The summed E-state index contributed by atoms with van der Waals surface area (Å²) in [7, 11) is 0. The van der Waals surface area contributed by atoms with Gasteiger partial charge in [-0.1, -0.05) is 11.3 Å². The van der Waals surface area contributed by atoms with Crippen molar-refractivity contribution < 1.29 is 9.59 Å². The molecule has 0 saturated carbocycles. The zero-order valence-electron chi connectivity index (χ0n) is 10.6. The lowest BCUT2D eigenvalue weighted by Crippen LogP contribution is -2.32. The Labute approximate surface area is 114 Å². The fourth-order valence-electron chi connectivity index (χ4n) is 2.11. The van der Waals surface area contributed by atoms with Crippen LogP contribution in [0.5, 0.6) is 0 Å². The van der Waals surface area contributed by atoms with Crippen molar-refractivity contribution in [3.05, 3.63) is 14.7 Å². The van der Waals surface area contributed by atoms with E-state index in [1.807, 2.05) is 0 Å². The van der Waals surface area contributed by atoms with E-state index in [2.05, 4.69) is 15.5 Å². The van der Waals surface area contributed by atoms with Crippen molar-refractivity contribution in [1.29, 1.82) is 0 Å². The molecule has 19 heavy (non-hydrogen) atoms. The van der Waals surface area contributed by atoms with Crippen molar-refractivity contribution in [3.8, 4) is 0 Å². The molecule has 1 atom stereocenters. The van der Waals surface area contributed by atoms with Crippen LogP contribution in [0.25, 0.3) is 0 Å². The molecule has 1 fully saturated rings. The molecule has 0 bridgehead atoms. The second kappa shape index (κ2) is 5.96. The average Bonchev–Trinajstić information content (AvgIpc) is 2.96. The van der Waals surface area contributed by atoms with E-state index < -0.39 is 0 Å². The van der Waals surface area contributed by atoms with Gasteiger partial charge in [-0.15, -0.1) is 0 Å². The maximum atomic E-state index is 11.9. The van der Waals surface area contributed by atoms with Crippen LogP contribution in [0, 0.1) is 0 Å². The van der Waals surface area contributed by atoms with Crippen molar-refractivity contribution in [3.63, 3.8) is 0 Å². The summed E-state index contributed by atoms with van der Waals surface area (Å²) in [5.41, 5.74) is 0. The highest BCUT2D eigenvalue weighted by atomic mass is 32.1. The fourth-order valence-corrected chi connectivity index (χ4v) is 2.84. The predicted molar refractivity (Wildman–Crippen MR) is 70.0 cm³/mol. The molecule has 0 aliphatic carbocycles. The van der Waals surface area contributed by atoms with Gasteiger partial charge < -0.3 is 10.2 Å². The standard InChI is InChI=1S/C11H16N4O3S/c1-7(16)12-4-2-9(17)15-5-3-8(6-15)10-13-14-11(18)19-10/h8H,2-6H2,1H3,(H,12,16)(H,14,18)/t8-/m1/s1. The third kappa shape index (κ3) is 3.63. The van der Waals surface area contributed by atoms with Gasteiger partial charge in [0.05, 0.1) is 0 Å². The third-order valence-corrected chi connectivity index (χ3v) is 3.97. The molecule has 2 amide bonds. The largest absolute Gasteiger partial charge is 0.356 e. The number of aromatic nitrogens is 2. The normalized spacial score (nSPS) is 18.6. The molecule has 2 heterocycles. The van der Waals surface area contributed by atoms with E-state index in [0.717, 1.165) is 22.8 Å². The van der Waals surface area contributed by atoms with Gasteiger partial charge in [-0.25, -0.2) is 5.10 Å². The van der Waals surface area contributed by atoms with E-state index in [9.17, 15) is 14.4 Å². The zero-order chi connectivity index (χ0) is 13.8. The number of carbonyl (C=O) groups is 2. The summed E-state index contributed by atoms with van der Waals surface area (Å²) in [5.74, 6) is 0.0428. The summed E-state index contributed by atoms with van der Waals surface area (Å²) in [6, 6.07) is 0. The maximum absolute atomic E-state index is 11.9. The van der Waals surface area contributed by atoms with Crippen LogP contribution in [0.1, 0.15) is 30.7 Å². The van der Waals surface area contributed by atoms with Crippen LogP contribution in [-0.2, 0) is 9.59 Å². The minimum absolute atomic E-state index is 0.0270. The molecular formula is C11H16N4O3S. The summed E-state index contributed by atoms with van der Waals surface area (Å²) < 4.78 is 0. The Morgan fingerprint density at radius 3 is 3.00 bits per heavy atom. The first-order chi connectivity index (χ1) is 9.06. The molecule has 7 nitrogen and oxygen atoms in total. The van der Waals surface area contributed by atoms with E-state index in [1.165, 1.54) is 6.92 Å². The second-order valence-corrected chi connectivity index (χ2v) is 5.50. The predicted octanol–water partition coefficient (Wildman–Crippen LogP) is -0.327. The van der Waals surface area contributed by atoms with Crippen molar-refractivity contribution in [2.75, 3.05) is 19.6 Å². The van der Waals surface area contributed by atoms with Crippen LogP contribution in [0.2, 0.25) is 0 Å². The second-order valence-electron chi connectivity index (χ2n) is 4.51. The monoisotopic (exact) mass is 284 g/mol. The molecule has 1 aromatic heterocycles. The summed E-state index contributed by atoms with van der Waals surface area (Å²) in [6.07, 6.45) is 1.13. The Morgan fingerprint density at radius 2 is 2.37 bits per heavy atom. The van der Waals surface area contributed by atoms with Gasteiger partial charge in [0, 0.05) is 38.9 Å². The molecule has 8 heteroatoms. The number of likely N-dealkylation sites (tertiary alicyclic amines) is 1. The molecular weight excluding hydrogens is 268 g/mol. The number of nitrogens with one attached hydrogen (secondary N) is 2. The molecule has 2 rings (SSSR count). The molecule has 2 N–H and O–H groups in total. The lowest BCUT2D eigenvalue weighted by atomic mass is 10.1. The SMILES string of the molecule is CC(=O)NCCC(=O)N1CC[C@@H](c2n[nH]c(=O)s2)C1. The van der Waals surface area contributed by atoms with Gasteiger partial charge in [0.2, 0.25) is 11.8 Å². The van der Waals surface area contributed by atoms with E-state index in [-0.39, 0.29) is 22.6 Å². The molecule has 104 valence electrons. The summed E-state index contributed by atoms with van der Waals surface area (Å²) in [5, 5.41) is 9.73. The number of carbonyl (C=O) groups excluding carboxylic acids is 2. The quantitative estimate of drug-likeness (QED) is 0.791. The number of rotatable bonds is 4. The first-order valence-corrected chi connectivity index (χ1v) is 6.95. The zero-order valence-corrected chi connectivity index (χ0v) is 11.5. The van der Waals surface area contributed by atoms with Crippen molar-refractivity contribution in [2.45, 2.75) is 25.7 Å². The molecule has 0 radical (unpaired) electrons. The Kier molecular flexibility index (Phi) is 4.31. The van der Waals surface area contributed by atoms with E-state index in [4.69, 9.17) is 0 Å². The van der Waals surface area contributed by atoms with Gasteiger partial charge >= 0.3 is 4.87 Å². The molecule has 0 spiro atoms. The minimum atomic E-state index is -0.162. The number of amides is 2. The maximum Gasteiger partial charge on any atom is 0.322 e. The van der Waals surface area contributed by atoms with E-state index in [1.54, 1.807) is 4.90 Å². The van der Waals surface area contributed by atoms with Gasteiger partial charge in [-0.05, 0) is 6.42 Å². The highest BCUT2D eigenvalue weighted by molar-refractivity contribution is 7.08. The smallest absolute Gasteiger partial charge is 0.322 e. The topological polar surface area (TPSA) is 95.2 Å². The lowest BCUT2D eigenvalue weighted by Gasteiger charge is -2.15. The fraction of sp³-hybridized carbons (Fsp3) is 0.636. The number of nitrogens with zero attached hydrogens (tertiary/aromatic N) is 2. The number of hydrogen-bond acceptors (Lipinski definition) is 5. The van der Waals surface area contributed by atoms with Gasteiger partial charge in [0.15, 0.2) is 0 Å². The Hall–Kier alpha value is -1.70. The van der Waals surface area contributed by atoms with Crippen LogP contribution in [0.3, 0.4) is 0 Å². The van der Waals surface area contributed by atoms with Gasteiger partial charge in [-0.2, -0.15) is 5.10 Å². The first-order valence-electron chi connectivity index (χ1n) is 6.14. The van der Waals surface area contributed by atoms with Crippen LogP contribution < -0.4 is 10.2 Å². The van der Waals surface area contributed by atoms with Gasteiger partial charge in [0.25, 0.3) is 0 Å². The molecule has 1 aromatic rings. The van der Waals surface area contributed by atoms with Crippen molar-refractivity contribution in [2.24, 2.45) is 0 Å². The minimum Gasteiger partial charge on any atom is -0.356 e. The molecule has 1 aliphatic heterocycles. The highest BCUT2D eigenvalue weighted by Gasteiger charge is 2.29. The molecule has 1 aliphatic rings. The molecule has 0 unspecified atom stereocenters. The summed E-state index contributed by atoms with van der Waals surface area (Å²) in [6.45, 7) is 3.07. The van der Waals surface area contributed by atoms with Crippen LogP contribution >= 0.6 is 11.3 Å². The van der Waals surface area contributed by atoms with Crippen LogP contribution in [0.4, 0.5) is 0 Å². The summed E-state index contributed by atoms with van der Waals surface area (Å²) in [4.78, 5) is 35.3. The number of H-pyrrole nitrogens is 1. The Bertz CT molecular complexity index is 524. The number of aromatic amines is 1. The Balaban J connectivity index is 1.82. The van der Waals surface area contributed by atoms with Crippen molar-refractivity contribution in [1.82, 2.24) is 20.4 Å². The Morgan fingerprint density at radius 1 is 1.58 bits per heavy atom. The highest BCUT2D eigenvalue weighted by Crippen LogP contribution is 2.26. The van der Waals surface area contributed by atoms with E-state index >= 15 is 0 Å². The average molecular weight is 284 g/mol.